The number of esters is 1. The summed E-state index contributed by atoms with van der Waals surface area (Å²) in [5.41, 5.74) is 4.31. The van der Waals surface area contributed by atoms with Gasteiger partial charge in [-0.1, -0.05) is 18.2 Å². The van der Waals surface area contributed by atoms with E-state index in [1.807, 2.05) is 24.3 Å². The number of rotatable bonds is 3. The Labute approximate surface area is 156 Å². The fourth-order valence-corrected chi connectivity index (χ4v) is 3.86. The van der Waals surface area contributed by atoms with Crippen molar-refractivity contribution in [3.63, 3.8) is 0 Å². The van der Waals surface area contributed by atoms with Gasteiger partial charge in [-0.3, -0.25) is 15.1 Å². The van der Waals surface area contributed by atoms with Crippen molar-refractivity contribution >= 4 is 16.9 Å². The molecule has 1 aromatic carbocycles. The van der Waals surface area contributed by atoms with Crippen LogP contribution in [0.5, 0.6) is 5.75 Å². The van der Waals surface area contributed by atoms with Crippen LogP contribution in [0.3, 0.4) is 0 Å². The number of benzene rings is 1. The summed E-state index contributed by atoms with van der Waals surface area (Å²) in [6, 6.07) is 6.81. The highest BCUT2D eigenvalue weighted by molar-refractivity contribution is 5.87. The van der Waals surface area contributed by atoms with Crippen LogP contribution in [0.15, 0.2) is 30.5 Å². The van der Waals surface area contributed by atoms with E-state index in [4.69, 9.17) is 4.74 Å². The van der Waals surface area contributed by atoms with Crippen LogP contribution in [0.4, 0.5) is 0 Å². The van der Waals surface area contributed by atoms with Gasteiger partial charge in [0.25, 0.3) is 0 Å². The van der Waals surface area contributed by atoms with Gasteiger partial charge in [0.2, 0.25) is 0 Å². The summed E-state index contributed by atoms with van der Waals surface area (Å²) in [6.45, 7) is 1.43. The van der Waals surface area contributed by atoms with Crippen LogP contribution in [-0.2, 0) is 22.6 Å². The van der Waals surface area contributed by atoms with Crippen molar-refractivity contribution in [1.82, 2.24) is 15.3 Å². The first-order valence-electron chi connectivity index (χ1n) is 8.76. The van der Waals surface area contributed by atoms with E-state index in [0.29, 0.717) is 23.2 Å². The normalized spacial score (nSPS) is 19.1. The third-order valence-electron chi connectivity index (χ3n) is 5.21. The molecule has 0 radical (unpaired) electrons. The SMILES string of the molecule is COC(=O)[C@@H]1Cc2c([nH]c3ccccc23)[C@H](c2c(CO)cnc(C)c2O)N1. The number of nitrogens with one attached hydrogen (secondary N) is 2. The molecule has 27 heavy (non-hydrogen) atoms. The number of methoxy groups -OCH3 is 1. The molecule has 1 aliphatic heterocycles. The Morgan fingerprint density at radius 3 is 2.89 bits per heavy atom. The Bertz CT molecular complexity index is 1030. The van der Waals surface area contributed by atoms with Crippen LogP contribution in [0.1, 0.15) is 34.1 Å². The molecule has 1 aliphatic rings. The lowest BCUT2D eigenvalue weighted by atomic mass is 9.88. The number of aliphatic hydroxyl groups excluding tert-OH is 1. The average molecular weight is 367 g/mol. The number of hydrogen-bond donors (Lipinski definition) is 4. The van der Waals surface area contributed by atoms with Crippen molar-refractivity contribution in [2.75, 3.05) is 7.11 Å². The summed E-state index contributed by atoms with van der Waals surface area (Å²) >= 11 is 0. The molecule has 4 N–H and O–H groups in total. The van der Waals surface area contributed by atoms with E-state index in [1.54, 1.807) is 13.1 Å². The van der Waals surface area contributed by atoms with Gasteiger partial charge in [-0.05, 0) is 18.6 Å². The molecule has 0 unspecified atom stereocenters. The average Bonchev–Trinajstić information content (AvgIpc) is 3.07. The van der Waals surface area contributed by atoms with Crippen LogP contribution < -0.4 is 5.32 Å². The standard InChI is InChI=1S/C20H21N3O4/c1-10-19(25)16(11(9-24)8-21-10)18-17-13(7-15(23-18)20(26)27-2)12-5-3-4-6-14(12)22-17/h3-6,8,15,18,22-25H,7,9H2,1-2H3/t15-,18-/m0/s1. The minimum Gasteiger partial charge on any atom is -0.506 e. The second-order valence-corrected chi connectivity index (χ2v) is 6.73. The highest BCUT2D eigenvalue weighted by Crippen LogP contribution is 2.40. The van der Waals surface area contributed by atoms with Crippen molar-refractivity contribution < 1.29 is 19.7 Å². The van der Waals surface area contributed by atoms with Crippen LogP contribution in [0.25, 0.3) is 10.9 Å². The Balaban J connectivity index is 1.96. The third-order valence-corrected chi connectivity index (χ3v) is 5.21. The lowest BCUT2D eigenvalue weighted by Gasteiger charge is -2.31. The second-order valence-electron chi connectivity index (χ2n) is 6.73. The molecule has 2 aromatic heterocycles. The summed E-state index contributed by atoms with van der Waals surface area (Å²) < 4.78 is 4.95. The third kappa shape index (κ3) is 2.75. The summed E-state index contributed by atoms with van der Waals surface area (Å²) in [6.07, 6.45) is 2.03. The molecular formula is C20H21N3O4. The number of aliphatic hydroxyl groups is 1. The van der Waals surface area contributed by atoms with Crippen LogP contribution >= 0.6 is 0 Å². The molecule has 7 nitrogen and oxygen atoms in total. The van der Waals surface area contributed by atoms with Crippen LogP contribution in [0.2, 0.25) is 0 Å². The molecular weight excluding hydrogens is 346 g/mol. The molecule has 0 saturated heterocycles. The van der Waals surface area contributed by atoms with Gasteiger partial charge in [0.05, 0.1) is 25.5 Å². The number of hydrogen-bond acceptors (Lipinski definition) is 6. The Hall–Kier alpha value is -2.90. The van der Waals surface area contributed by atoms with Gasteiger partial charge in [-0.25, -0.2) is 0 Å². The van der Waals surface area contributed by atoms with Crippen LogP contribution in [0, 0.1) is 6.92 Å². The molecule has 3 aromatic rings. The molecule has 0 fully saturated rings. The Kier molecular flexibility index (Phi) is 4.33. The highest BCUT2D eigenvalue weighted by atomic mass is 16.5. The molecule has 2 atom stereocenters. The molecule has 0 bridgehead atoms. The smallest absolute Gasteiger partial charge is 0.323 e. The second kappa shape index (κ2) is 6.68. The van der Waals surface area contributed by atoms with E-state index in [-0.39, 0.29) is 18.3 Å². The van der Waals surface area contributed by atoms with Crippen molar-refractivity contribution in [3.05, 3.63) is 58.5 Å². The zero-order valence-corrected chi connectivity index (χ0v) is 15.1. The molecule has 0 aliphatic carbocycles. The lowest BCUT2D eigenvalue weighted by Crippen LogP contribution is -2.45. The molecule has 3 heterocycles. The number of aromatic nitrogens is 2. The number of nitrogens with zero attached hydrogens (tertiary/aromatic N) is 1. The zero-order chi connectivity index (χ0) is 19.1. The highest BCUT2D eigenvalue weighted by Gasteiger charge is 2.36. The number of carbonyl (C=O) groups excluding carboxylic acids is 1. The van der Waals surface area contributed by atoms with Gasteiger partial charge in [-0.15, -0.1) is 0 Å². The lowest BCUT2D eigenvalue weighted by molar-refractivity contribution is -0.143. The monoisotopic (exact) mass is 367 g/mol. The van der Waals surface area contributed by atoms with Crippen molar-refractivity contribution in [1.29, 1.82) is 0 Å². The van der Waals surface area contributed by atoms with E-state index < -0.39 is 12.1 Å². The van der Waals surface area contributed by atoms with Gasteiger partial charge < -0.3 is 19.9 Å². The number of aromatic hydroxyl groups is 1. The fraction of sp³-hybridized carbons (Fsp3) is 0.300. The predicted octanol–water partition coefficient (Wildman–Crippen LogP) is 1.85. The number of carbonyl (C=O) groups is 1. The van der Waals surface area contributed by atoms with E-state index in [1.165, 1.54) is 7.11 Å². The summed E-state index contributed by atoms with van der Waals surface area (Å²) in [7, 11) is 1.36. The zero-order valence-electron chi connectivity index (χ0n) is 15.1. The largest absolute Gasteiger partial charge is 0.506 e. The van der Waals surface area contributed by atoms with Gasteiger partial charge in [0.15, 0.2) is 0 Å². The molecule has 0 saturated carbocycles. The van der Waals surface area contributed by atoms with E-state index in [2.05, 4.69) is 15.3 Å². The van der Waals surface area contributed by atoms with Gasteiger partial charge in [0.1, 0.15) is 11.8 Å². The van der Waals surface area contributed by atoms with E-state index in [0.717, 1.165) is 22.2 Å². The molecule has 0 amide bonds. The van der Waals surface area contributed by atoms with E-state index in [9.17, 15) is 15.0 Å². The van der Waals surface area contributed by atoms with Crippen molar-refractivity contribution in [2.45, 2.75) is 32.0 Å². The van der Waals surface area contributed by atoms with Crippen LogP contribution in [-0.4, -0.2) is 39.3 Å². The van der Waals surface area contributed by atoms with Gasteiger partial charge in [0, 0.05) is 40.3 Å². The number of aryl methyl sites for hydroxylation is 1. The van der Waals surface area contributed by atoms with E-state index >= 15 is 0 Å². The number of ether oxygens (including phenoxy) is 1. The first kappa shape index (κ1) is 17.5. The maximum Gasteiger partial charge on any atom is 0.323 e. The Morgan fingerprint density at radius 1 is 1.37 bits per heavy atom. The molecule has 4 rings (SSSR count). The van der Waals surface area contributed by atoms with Crippen molar-refractivity contribution in [3.8, 4) is 5.75 Å². The summed E-state index contributed by atoms with van der Waals surface area (Å²) in [5, 5.41) is 24.8. The van der Waals surface area contributed by atoms with Gasteiger partial charge in [-0.2, -0.15) is 0 Å². The van der Waals surface area contributed by atoms with Crippen molar-refractivity contribution in [2.24, 2.45) is 0 Å². The van der Waals surface area contributed by atoms with Gasteiger partial charge >= 0.3 is 5.97 Å². The maximum absolute atomic E-state index is 12.3. The fourth-order valence-electron chi connectivity index (χ4n) is 3.86. The number of fused-ring (bicyclic) bond motifs is 3. The quantitative estimate of drug-likeness (QED) is 0.526. The maximum atomic E-state index is 12.3. The molecule has 140 valence electrons. The number of H-pyrrole nitrogens is 1. The first-order chi connectivity index (χ1) is 13.0. The first-order valence-corrected chi connectivity index (χ1v) is 8.76. The topological polar surface area (TPSA) is 107 Å². The predicted molar refractivity (Wildman–Crippen MR) is 99.3 cm³/mol. The number of aromatic amines is 1. The molecule has 0 spiro atoms. The number of para-hydroxylation sites is 1. The minimum atomic E-state index is -0.564. The molecule has 7 heteroatoms. The minimum absolute atomic E-state index is 0.00849. The Morgan fingerprint density at radius 2 is 2.15 bits per heavy atom. The number of pyridine rings is 1. The summed E-state index contributed by atoms with van der Waals surface area (Å²) in [4.78, 5) is 19.8. The summed E-state index contributed by atoms with van der Waals surface area (Å²) in [5.74, 6) is -0.360.